The van der Waals surface area contributed by atoms with Gasteiger partial charge in [0, 0.05) is 22.6 Å². The highest BCUT2D eigenvalue weighted by Gasteiger charge is 2.32. The molecule has 0 unspecified atom stereocenters. The number of hydrogen-bond donors (Lipinski definition) is 2. The van der Waals surface area contributed by atoms with Gasteiger partial charge in [0.1, 0.15) is 10.8 Å². The van der Waals surface area contributed by atoms with Crippen LogP contribution >= 0.6 is 22.9 Å². The number of thiazole rings is 1. The van der Waals surface area contributed by atoms with Crippen LogP contribution in [0, 0.1) is 0 Å². The van der Waals surface area contributed by atoms with Crippen LogP contribution in [0.5, 0.6) is 0 Å². The van der Waals surface area contributed by atoms with Gasteiger partial charge in [0.25, 0.3) is 0 Å². The van der Waals surface area contributed by atoms with Crippen molar-refractivity contribution in [3.8, 4) is 0 Å². The number of nitrogens with two attached hydrogens (primary N) is 1. The minimum atomic E-state index is -1.24. The highest BCUT2D eigenvalue weighted by Crippen LogP contribution is 2.33. The van der Waals surface area contributed by atoms with E-state index in [1.54, 1.807) is 6.20 Å². The molecule has 2 aromatic rings. The number of anilines is 1. The molecule has 21 heavy (non-hydrogen) atoms. The Labute approximate surface area is 137 Å². The zero-order chi connectivity index (χ0) is 15.6. The van der Waals surface area contributed by atoms with Crippen molar-refractivity contribution in [1.82, 2.24) is 9.71 Å². The quantitative estimate of drug-likeness (QED) is 0.833. The Balaban J connectivity index is 2.38. The van der Waals surface area contributed by atoms with Crippen LogP contribution < -0.4 is 10.5 Å². The van der Waals surface area contributed by atoms with Gasteiger partial charge in [-0.3, -0.25) is 0 Å². The lowest BCUT2D eigenvalue weighted by molar-refractivity contribution is 0.536. The Morgan fingerprint density at radius 2 is 2.05 bits per heavy atom. The number of nitrogen functional groups attached to an aromatic ring is 1. The summed E-state index contributed by atoms with van der Waals surface area (Å²) in [5, 5.41) is 1.10. The molecule has 0 aliphatic heterocycles. The van der Waals surface area contributed by atoms with Gasteiger partial charge in [-0.05, 0) is 32.4 Å². The largest absolute Gasteiger partial charge is 0.598 e. The number of hydrogen-bond acceptors (Lipinski definition) is 5. The van der Waals surface area contributed by atoms with Gasteiger partial charge < -0.3 is 10.3 Å². The molecule has 0 saturated heterocycles. The van der Waals surface area contributed by atoms with Crippen molar-refractivity contribution in [2.45, 2.75) is 31.6 Å². The number of aromatic nitrogens is 1. The summed E-state index contributed by atoms with van der Waals surface area (Å²) in [7, 11) is 0. The van der Waals surface area contributed by atoms with E-state index in [1.165, 1.54) is 11.3 Å². The molecule has 4 nitrogen and oxygen atoms in total. The highest BCUT2D eigenvalue weighted by molar-refractivity contribution is 7.90. The van der Waals surface area contributed by atoms with Crippen LogP contribution in [0.25, 0.3) is 0 Å². The smallest absolute Gasteiger partial charge is 0.180 e. The van der Waals surface area contributed by atoms with Gasteiger partial charge in [-0.1, -0.05) is 29.8 Å². The summed E-state index contributed by atoms with van der Waals surface area (Å²) in [6, 6.07) is 7.20. The van der Waals surface area contributed by atoms with Crippen molar-refractivity contribution in [2.75, 3.05) is 5.73 Å². The van der Waals surface area contributed by atoms with Gasteiger partial charge in [-0.15, -0.1) is 16.1 Å². The topological polar surface area (TPSA) is 74.0 Å². The van der Waals surface area contributed by atoms with E-state index in [0.717, 1.165) is 10.4 Å². The van der Waals surface area contributed by atoms with E-state index in [1.807, 2.05) is 45.0 Å². The summed E-state index contributed by atoms with van der Waals surface area (Å²) in [6.45, 7) is 5.75. The second-order valence-electron chi connectivity index (χ2n) is 5.55. The van der Waals surface area contributed by atoms with Crippen molar-refractivity contribution >= 4 is 39.4 Å². The second-order valence-corrected chi connectivity index (χ2v) is 9.05. The molecule has 2 rings (SSSR count). The molecule has 3 N–H and O–H groups in total. The fourth-order valence-corrected chi connectivity index (χ4v) is 3.60. The summed E-state index contributed by atoms with van der Waals surface area (Å²) in [4.78, 5) is 4.96. The molecule has 0 aliphatic rings. The second kappa shape index (κ2) is 6.54. The molecular weight excluding hydrogens is 326 g/mol. The number of rotatable bonds is 4. The van der Waals surface area contributed by atoms with E-state index in [0.29, 0.717) is 10.2 Å². The van der Waals surface area contributed by atoms with Crippen LogP contribution in [-0.4, -0.2) is 14.3 Å². The molecule has 0 fully saturated rings. The van der Waals surface area contributed by atoms with Crippen molar-refractivity contribution in [3.05, 3.63) is 45.9 Å². The summed E-state index contributed by atoms with van der Waals surface area (Å²) in [5.41, 5.74) is 6.58. The lowest BCUT2D eigenvalue weighted by atomic mass is 10.1. The molecule has 2 atom stereocenters. The maximum Gasteiger partial charge on any atom is 0.180 e. The standard InChI is InChI=1S/C14H18ClN3OS2/c1-14(2,3)21(19)18-12(11-8-17-13(16)20-11)9-6-4-5-7-10(9)15/h4-8,12,18H,1-3H3,(H2,16,17)/t12-,21+/m0/s1. The fraction of sp³-hybridized carbons (Fsp3) is 0.357. The number of halogens is 1. The van der Waals surface area contributed by atoms with Crippen LogP contribution in [0.3, 0.4) is 0 Å². The van der Waals surface area contributed by atoms with E-state index in [-0.39, 0.29) is 10.8 Å². The van der Waals surface area contributed by atoms with E-state index in [4.69, 9.17) is 17.3 Å². The van der Waals surface area contributed by atoms with Gasteiger partial charge in [0.2, 0.25) is 0 Å². The third-order valence-electron chi connectivity index (χ3n) is 2.82. The average Bonchev–Trinajstić information content (AvgIpc) is 2.82. The van der Waals surface area contributed by atoms with Crippen LogP contribution in [0.2, 0.25) is 5.02 Å². The average molecular weight is 344 g/mol. The van der Waals surface area contributed by atoms with Crippen LogP contribution in [-0.2, 0) is 11.4 Å². The number of benzene rings is 1. The Hall–Kier alpha value is -0.790. The van der Waals surface area contributed by atoms with Gasteiger partial charge in [0.05, 0.1) is 4.88 Å². The zero-order valence-electron chi connectivity index (χ0n) is 12.1. The van der Waals surface area contributed by atoms with Crippen molar-refractivity contribution < 1.29 is 4.55 Å². The minimum Gasteiger partial charge on any atom is -0.598 e. The first-order valence-electron chi connectivity index (χ1n) is 6.42. The van der Waals surface area contributed by atoms with Crippen molar-refractivity contribution in [3.63, 3.8) is 0 Å². The molecule has 0 amide bonds. The first-order chi connectivity index (χ1) is 9.79. The van der Waals surface area contributed by atoms with E-state index < -0.39 is 11.4 Å². The monoisotopic (exact) mass is 343 g/mol. The first kappa shape index (κ1) is 16.6. The number of nitrogens with one attached hydrogen (secondary N) is 1. The van der Waals surface area contributed by atoms with Crippen LogP contribution in [0.1, 0.15) is 37.3 Å². The Bertz CT molecular complexity index is 612. The zero-order valence-corrected chi connectivity index (χ0v) is 14.5. The van der Waals surface area contributed by atoms with Crippen LogP contribution in [0.4, 0.5) is 5.13 Å². The summed E-state index contributed by atoms with van der Waals surface area (Å²) in [5.74, 6) is 0. The van der Waals surface area contributed by atoms with Crippen molar-refractivity contribution in [2.24, 2.45) is 0 Å². The molecule has 114 valence electrons. The molecule has 0 aliphatic carbocycles. The molecule has 1 heterocycles. The normalized spacial score (nSPS) is 14.9. The minimum absolute atomic E-state index is 0.298. The highest BCUT2D eigenvalue weighted by atomic mass is 35.5. The third-order valence-corrected chi connectivity index (χ3v) is 5.62. The van der Waals surface area contributed by atoms with Gasteiger partial charge in [0.15, 0.2) is 5.13 Å². The summed E-state index contributed by atoms with van der Waals surface area (Å²) in [6.07, 6.45) is 1.70. The predicted molar refractivity (Wildman–Crippen MR) is 90.9 cm³/mol. The molecule has 0 radical (unpaired) electrons. The molecule has 1 aromatic heterocycles. The lowest BCUT2D eigenvalue weighted by Crippen LogP contribution is -2.41. The van der Waals surface area contributed by atoms with Gasteiger partial charge >= 0.3 is 0 Å². The Kier molecular flexibility index (Phi) is 5.16. The number of nitrogens with zero attached hydrogens (tertiary/aromatic N) is 1. The Morgan fingerprint density at radius 3 is 2.57 bits per heavy atom. The lowest BCUT2D eigenvalue weighted by Gasteiger charge is -2.28. The third kappa shape index (κ3) is 4.11. The van der Waals surface area contributed by atoms with E-state index >= 15 is 0 Å². The van der Waals surface area contributed by atoms with E-state index in [2.05, 4.69) is 9.71 Å². The SMILES string of the molecule is CC(C)(C)[S@@+]([O-])N[C@H](c1cnc(N)s1)c1ccccc1Cl. The maximum absolute atomic E-state index is 12.4. The molecule has 7 heteroatoms. The Morgan fingerprint density at radius 1 is 1.38 bits per heavy atom. The molecule has 0 saturated carbocycles. The molecule has 0 bridgehead atoms. The van der Waals surface area contributed by atoms with E-state index in [9.17, 15) is 4.55 Å². The maximum atomic E-state index is 12.4. The molecule has 1 aromatic carbocycles. The predicted octanol–water partition coefficient (Wildman–Crippen LogP) is 3.52. The van der Waals surface area contributed by atoms with Crippen molar-refractivity contribution in [1.29, 1.82) is 0 Å². The molecule has 0 spiro atoms. The fourth-order valence-electron chi connectivity index (χ4n) is 1.70. The van der Waals surface area contributed by atoms with Crippen LogP contribution in [0.15, 0.2) is 30.5 Å². The first-order valence-corrected chi connectivity index (χ1v) is 8.77. The summed E-state index contributed by atoms with van der Waals surface area (Å²) < 4.78 is 15.2. The summed E-state index contributed by atoms with van der Waals surface area (Å²) >= 11 is 6.41. The van der Waals surface area contributed by atoms with Gasteiger partial charge in [-0.2, -0.15) is 0 Å². The van der Waals surface area contributed by atoms with Gasteiger partial charge in [-0.25, -0.2) is 4.98 Å². The molecular formula is C14H18ClN3OS2.